The number of pyridine rings is 1. The number of halogens is 2. The summed E-state index contributed by atoms with van der Waals surface area (Å²) in [6.07, 6.45) is 0.123. The molecule has 1 aliphatic heterocycles. The van der Waals surface area contributed by atoms with Gasteiger partial charge in [-0.05, 0) is 42.8 Å². The van der Waals surface area contributed by atoms with Gasteiger partial charge in [-0.3, -0.25) is 4.79 Å². The lowest BCUT2D eigenvalue weighted by atomic mass is 9.92. The molecule has 144 valence electrons. The predicted octanol–water partition coefficient (Wildman–Crippen LogP) is 1.57. The van der Waals surface area contributed by atoms with Crippen molar-refractivity contribution >= 4 is 18.3 Å². The molecule has 1 amide bonds. The minimum atomic E-state index is -1.36. The SMILES string of the molecule is CC(N)(C(N)=O)c1cc(OC2[C@H]3CNC[C@@H]23)nc(-c2ccc(F)cc2)c1.Cl. The highest BCUT2D eigenvalue weighted by Gasteiger charge is 2.55. The van der Waals surface area contributed by atoms with E-state index in [1.807, 2.05) is 0 Å². The van der Waals surface area contributed by atoms with Gasteiger partial charge in [-0.1, -0.05) is 0 Å². The Kier molecular flexibility index (Phi) is 5.12. The molecule has 4 atom stereocenters. The number of nitrogens with zero attached hydrogens (tertiary/aromatic N) is 1. The number of hydrogen-bond donors (Lipinski definition) is 3. The number of aromatic nitrogens is 1. The number of carbonyl (C=O) groups is 1. The number of amides is 1. The van der Waals surface area contributed by atoms with Crippen molar-refractivity contribution in [3.05, 3.63) is 47.8 Å². The van der Waals surface area contributed by atoms with Crippen LogP contribution in [0, 0.1) is 17.7 Å². The number of rotatable bonds is 5. The minimum absolute atomic E-state index is 0. The van der Waals surface area contributed by atoms with Gasteiger partial charge < -0.3 is 21.5 Å². The average molecular weight is 393 g/mol. The van der Waals surface area contributed by atoms with Crippen LogP contribution in [0.2, 0.25) is 0 Å². The highest BCUT2D eigenvalue weighted by molar-refractivity contribution is 5.86. The van der Waals surface area contributed by atoms with Gasteiger partial charge in [0.1, 0.15) is 17.5 Å². The molecule has 2 heterocycles. The Hall–Kier alpha value is -2.22. The molecule has 1 aromatic heterocycles. The number of fused-ring (bicyclic) bond motifs is 1. The zero-order valence-electron chi connectivity index (χ0n) is 14.8. The van der Waals surface area contributed by atoms with Gasteiger partial charge in [0.2, 0.25) is 11.8 Å². The Morgan fingerprint density at radius 2 is 1.89 bits per heavy atom. The first-order valence-corrected chi connectivity index (χ1v) is 8.61. The fourth-order valence-electron chi connectivity index (χ4n) is 3.45. The van der Waals surface area contributed by atoms with E-state index >= 15 is 0 Å². The smallest absolute Gasteiger partial charge is 0.241 e. The van der Waals surface area contributed by atoms with Gasteiger partial charge in [-0.15, -0.1) is 12.4 Å². The van der Waals surface area contributed by atoms with E-state index in [0.29, 0.717) is 34.5 Å². The first-order chi connectivity index (χ1) is 12.4. The highest BCUT2D eigenvalue weighted by Crippen LogP contribution is 2.44. The summed E-state index contributed by atoms with van der Waals surface area (Å²) < 4.78 is 19.3. The van der Waals surface area contributed by atoms with E-state index in [1.165, 1.54) is 12.1 Å². The third kappa shape index (κ3) is 3.63. The zero-order valence-corrected chi connectivity index (χ0v) is 15.6. The average Bonchev–Trinajstić information content (AvgIpc) is 3.03. The molecule has 4 rings (SSSR count). The summed E-state index contributed by atoms with van der Waals surface area (Å²) in [5.41, 5.74) is 12.0. The van der Waals surface area contributed by atoms with Crippen LogP contribution in [0.25, 0.3) is 11.3 Å². The van der Waals surface area contributed by atoms with E-state index in [0.717, 1.165) is 13.1 Å². The van der Waals surface area contributed by atoms with Crippen molar-refractivity contribution in [3.63, 3.8) is 0 Å². The Morgan fingerprint density at radius 3 is 2.48 bits per heavy atom. The molecule has 6 nitrogen and oxygen atoms in total. The van der Waals surface area contributed by atoms with Crippen molar-refractivity contribution in [3.8, 4) is 17.1 Å². The van der Waals surface area contributed by atoms with Gasteiger partial charge >= 0.3 is 0 Å². The maximum absolute atomic E-state index is 13.2. The topological polar surface area (TPSA) is 103 Å². The number of carbonyl (C=O) groups excluding carboxylic acids is 1. The number of nitrogens with two attached hydrogens (primary N) is 2. The molecule has 2 aromatic rings. The Labute approximate surface area is 162 Å². The van der Waals surface area contributed by atoms with Gasteiger partial charge in [-0.2, -0.15) is 0 Å². The molecule has 1 saturated heterocycles. The van der Waals surface area contributed by atoms with Gasteiger partial charge in [0.15, 0.2) is 0 Å². The molecule has 1 aromatic carbocycles. The molecule has 1 aliphatic carbocycles. The van der Waals surface area contributed by atoms with Crippen molar-refractivity contribution in [2.45, 2.75) is 18.6 Å². The number of benzene rings is 1. The lowest BCUT2D eigenvalue weighted by Crippen LogP contribution is -2.46. The van der Waals surface area contributed by atoms with Gasteiger partial charge in [-0.25, -0.2) is 9.37 Å². The first kappa shape index (κ1) is 19.5. The van der Waals surface area contributed by atoms with Crippen molar-refractivity contribution in [2.24, 2.45) is 23.3 Å². The van der Waals surface area contributed by atoms with Gasteiger partial charge in [0, 0.05) is 36.6 Å². The molecule has 2 fully saturated rings. The zero-order chi connectivity index (χ0) is 18.5. The molecule has 8 heteroatoms. The van der Waals surface area contributed by atoms with E-state index in [4.69, 9.17) is 16.2 Å². The summed E-state index contributed by atoms with van der Waals surface area (Å²) in [5.74, 6) is 0.414. The monoisotopic (exact) mass is 392 g/mol. The lowest BCUT2D eigenvalue weighted by Gasteiger charge is -2.22. The van der Waals surface area contributed by atoms with Crippen LogP contribution in [0.3, 0.4) is 0 Å². The molecule has 5 N–H and O–H groups in total. The second-order valence-corrected chi connectivity index (χ2v) is 7.22. The molecule has 2 aliphatic rings. The quantitative estimate of drug-likeness (QED) is 0.716. The van der Waals surface area contributed by atoms with Crippen LogP contribution in [0.5, 0.6) is 5.88 Å². The Balaban J connectivity index is 0.00000210. The number of ether oxygens (including phenoxy) is 1. The van der Waals surface area contributed by atoms with Crippen LogP contribution >= 0.6 is 12.4 Å². The van der Waals surface area contributed by atoms with Crippen molar-refractivity contribution in [1.82, 2.24) is 10.3 Å². The molecule has 0 radical (unpaired) electrons. The second kappa shape index (κ2) is 7.07. The number of primary amides is 1. The molecular formula is C19H22ClFN4O2. The maximum atomic E-state index is 13.2. The van der Waals surface area contributed by atoms with Crippen molar-refractivity contribution in [2.75, 3.05) is 13.1 Å². The Morgan fingerprint density at radius 1 is 1.26 bits per heavy atom. The summed E-state index contributed by atoms with van der Waals surface area (Å²) in [6, 6.07) is 9.32. The van der Waals surface area contributed by atoms with Gasteiger partial charge in [0.25, 0.3) is 0 Å². The Bertz CT molecular complexity index is 849. The molecule has 0 spiro atoms. The summed E-state index contributed by atoms with van der Waals surface area (Å²) in [6.45, 7) is 3.43. The van der Waals surface area contributed by atoms with E-state index in [1.54, 1.807) is 31.2 Å². The van der Waals surface area contributed by atoms with Crippen LogP contribution < -0.4 is 21.5 Å². The lowest BCUT2D eigenvalue weighted by molar-refractivity contribution is -0.122. The van der Waals surface area contributed by atoms with Crippen molar-refractivity contribution in [1.29, 1.82) is 0 Å². The number of piperidine rings is 1. The summed E-state index contributed by atoms with van der Waals surface area (Å²) in [7, 11) is 0. The summed E-state index contributed by atoms with van der Waals surface area (Å²) >= 11 is 0. The number of nitrogens with one attached hydrogen (secondary N) is 1. The normalized spacial score (nSPS) is 25.1. The third-order valence-electron chi connectivity index (χ3n) is 5.32. The van der Waals surface area contributed by atoms with Crippen LogP contribution in [0.15, 0.2) is 36.4 Å². The first-order valence-electron chi connectivity index (χ1n) is 8.61. The van der Waals surface area contributed by atoms with Crippen LogP contribution in [-0.4, -0.2) is 30.1 Å². The van der Waals surface area contributed by atoms with Crippen LogP contribution in [-0.2, 0) is 10.3 Å². The third-order valence-corrected chi connectivity index (χ3v) is 5.32. The molecule has 0 bridgehead atoms. The predicted molar refractivity (Wildman–Crippen MR) is 102 cm³/mol. The molecule has 2 unspecified atom stereocenters. The molecular weight excluding hydrogens is 371 g/mol. The molecule has 27 heavy (non-hydrogen) atoms. The van der Waals surface area contributed by atoms with E-state index in [-0.39, 0.29) is 24.3 Å². The largest absolute Gasteiger partial charge is 0.474 e. The number of hydrogen-bond acceptors (Lipinski definition) is 5. The van der Waals surface area contributed by atoms with E-state index < -0.39 is 11.4 Å². The minimum Gasteiger partial charge on any atom is -0.474 e. The second-order valence-electron chi connectivity index (χ2n) is 7.22. The van der Waals surface area contributed by atoms with Crippen LogP contribution in [0.1, 0.15) is 12.5 Å². The highest BCUT2D eigenvalue weighted by atomic mass is 35.5. The standard InChI is InChI=1S/C19H21FN4O2.ClH/c1-19(22,18(21)25)11-6-15(10-2-4-12(20)5-3-10)24-16(7-11)26-17-13-8-23-9-14(13)17;/h2-7,13-14,17,23H,8-9,22H2,1H3,(H2,21,25);1H/t13-,14+,17?,19?;. The fourth-order valence-corrected chi connectivity index (χ4v) is 3.45. The summed E-state index contributed by atoms with van der Waals surface area (Å²) in [4.78, 5) is 16.3. The fraction of sp³-hybridized carbons (Fsp3) is 0.368. The van der Waals surface area contributed by atoms with E-state index in [9.17, 15) is 9.18 Å². The van der Waals surface area contributed by atoms with Crippen LogP contribution in [0.4, 0.5) is 4.39 Å². The van der Waals surface area contributed by atoms with Gasteiger partial charge in [0.05, 0.1) is 5.69 Å². The summed E-state index contributed by atoms with van der Waals surface area (Å²) in [5, 5.41) is 3.31. The van der Waals surface area contributed by atoms with Crippen molar-refractivity contribution < 1.29 is 13.9 Å². The van der Waals surface area contributed by atoms with E-state index in [2.05, 4.69) is 10.3 Å². The molecule has 1 saturated carbocycles. The maximum Gasteiger partial charge on any atom is 0.241 e.